The number of carbonyl (C=O) groups excluding carboxylic acids is 1. The quantitative estimate of drug-likeness (QED) is 0.626. The zero-order valence-electron chi connectivity index (χ0n) is 15.1. The van der Waals surface area contributed by atoms with Crippen LogP contribution in [0.4, 0.5) is 0 Å². The minimum atomic E-state index is -0.240. The third-order valence-corrected chi connectivity index (χ3v) is 5.72. The molecule has 3 rings (SSSR count). The molecule has 1 aromatic heterocycles. The lowest BCUT2D eigenvalue weighted by molar-refractivity contribution is 0.0668. The van der Waals surface area contributed by atoms with E-state index in [4.69, 9.17) is 16.3 Å². The second-order valence-electron chi connectivity index (χ2n) is 6.31. The molecule has 5 nitrogen and oxygen atoms in total. The molecule has 7 heteroatoms. The van der Waals surface area contributed by atoms with Gasteiger partial charge in [-0.3, -0.25) is 9.78 Å². The minimum Gasteiger partial charge on any atom is -0.492 e. The molecule has 0 fully saturated rings. The summed E-state index contributed by atoms with van der Waals surface area (Å²) in [7, 11) is 0. The van der Waals surface area contributed by atoms with Crippen molar-refractivity contribution >= 4 is 33.4 Å². The van der Waals surface area contributed by atoms with Crippen LogP contribution in [0.3, 0.4) is 0 Å². The predicted molar refractivity (Wildman–Crippen MR) is 107 cm³/mol. The highest BCUT2D eigenvalue weighted by Gasteiger charge is 2.31. The Kier molecular flexibility index (Phi) is 6.03. The first kappa shape index (κ1) is 19.7. The van der Waals surface area contributed by atoms with Crippen LogP contribution in [0.15, 0.2) is 28.9 Å². The number of fused-ring (bicyclic) bond motifs is 1. The Bertz CT molecular complexity index is 926. The summed E-state index contributed by atoms with van der Waals surface area (Å²) >= 11 is 9.52. The topological polar surface area (TPSA) is 66.2 Å². The van der Waals surface area contributed by atoms with Gasteiger partial charge in [0.1, 0.15) is 17.4 Å². The Morgan fingerprint density at radius 1 is 1.44 bits per heavy atom. The third kappa shape index (κ3) is 3.80. The second-order valence-corrected chi connectivity index (χ2v) is 7.43. The number of rotatable bonds is 5. The van der Waals surface area contributed by atoms with Crippen molar-refractivity contribution in [1.29, 1.82) is 5.26 Å². The maximum atomic E-state index is 13.1. The lowest BCUT2D eigenvalue weighted by Gasteiger charge is -2.34. The molecule has 0 saturated heterocycles. The average molecular weight is 449 g/mol. The van der Waals surface area contributed by atoms with E-state index in [9.17, 15) is 10.1 Å². The molecule has 1 atom stereocenters. The van der Waals surface area contributed by atoms with E-state index < -0.39 is 0 Å². The molecule has 0 saturated carbocycles. The van der Waals surface area contributed by atoms with Gasteiger partial charge in [-0.25, -0.2) is 0 Å². The standard InChI is InChI=1S/C20H19BrClN3O2/c1-3-27-19-8-18(24-11-14(19)10-23)12(2)25-5-4-15-16(20(25)26)6-13(9-22)7-17(15)21/h6-8,11-12H,3-5,9H2,1-2H3. The van der Waals surface area contributed by atoms with E-state index in [0.717, 1.165) is 22.0 Å². The number of hydrogen-bond donors (Lipinski definition) is 0. The van der Waals surface area contributed by atoms with E-state index in [1.807, 2.05) is 26.0 Å². The SMILES string of the molecule is CCOc1cc(C(C)N2CCc3c(Br)cc(CCl)cc3C2=O)ncc1C#N. The van der Waals surface area contributed by atoms with Crippen molar-refractivity contribution in [3.63, 3.8) is 0 Å². The Hall–Kier alpha value is -2.10. The van der Waals surface area contributed by atoms with Crippen LogP contribution < -0.4 is 4.74 Å². The molecule has 0 radical (unpaired) electrons. The van der Waals surface area contributed by atoms with E-state index in [1.165, 1.54) is 6.20 Å². The molecule has 1 unspecified atom stereocenters. The Morgan fingerprint density at radius 3 is 2.89 bits per heavy atom. The van der Waals surface area contributed by atoms with Gasteiger partial charge in [0.25, 0.3) is 5.91 Å². The molecule has 0 aliphatic carbocycles. The van der Waals surface area contributed by atoms with Crippen molar-refractivity contribution in [3.8, 4) is 11.8 Å². The maximum Gasteiger partial charge on any atom is 0.254 e. The van der Waals surface area contributed by atoms with Crippen LogP contribution in [0, 0.1) is 11.3 Å². The van der Waals surface area contributed by atoms with Gasteiger partial charge in [0.2, 0.25) is 0 Å². The normalized spacial score (nSPS) is 14.5. The zero-order valence-corrected chi connectivity index (χ0v) is 17.5. The molecule has 0 bridgehead atoms. The number of aromatic nitrogens is 1. The molecule has 1 amide bonds. The fourth-order valence-electron chi connectivity index (χ4n) is 3.27. The van der Waals surface area contributed by atoms with Gasteiger partial charge >= 0.3 is 0 Å². The van der Waals surface area contributed by atoms with Gasteiger partial charge < -0.3 is 9.64 Å². The maximum absolute atomic E-state index is 13.1. The lowest BCUT2D eigenvalue weighted by Crippen LogP contribution is -2.39. The van der Waals surface area contributed by atoms with Crippen LogP contribution in [-0.2, 0) is 12.3 Å². The summed E-state index contributed by atoms with van der Waals surface area (Å²) in [5, 5.41) is 9.20. The molecule has 1 aromatic carbocycles. The van der Waals surface area contributed by atoms with E-state index in [1.54, 1.807) is 11.0 Å². The molecule has 2 heterocycles. The number of hydrogen-bond acceptors (Lipinski definition) is 4. The van der Waals surface area contributed by atoms with Crippen LogP contribution >= 0.6 is 27.5 Å². The van der Waals surface area contributed by atoms with Crippen molar-refractivity contribution in [2.24, 2.45) is 0 Å². The summed E-state index contributed by atoms with van der Waals surface area (Å²) in [6.07, 6.45) is 2.25. The van der Waals surface area contributed by atoms with Gasteiger partial charge in [-0.1, -0.05) is 15.9 Å². The number of ether oxygens (including phenoxy) is 1. The molecular formula is C20H19BrClN3O2. The molecule has 0 spiro atoms. The first-order valence-corrected chi connectivity index (χ1v) is 10.0. The van der Waals surface area contributed by atoms with Crippen molar-refractivity contribution in [3.05, 3.63) is 56.8 Å². The number of pyridine rings is 1. The van der Waals surface area contributed by atoms with Gasteiger partial charge in [0.05, 0.1) is 18.3 Å². The fourth-order valence-corrected chi connectivity index (χ4v) is 4.13. The summed E-state index contributed by atoms with van der Waals surface area (Å²) < 4.78 is 6.47. The van der Waals surface area contributed by atoms with Crippen LogP contribution in [0.2, 0.25) is 0 Å². The molecular weight excluding hydrogens is 430 g/mol. The summed E-state index contributed by atoms with van der Waals surface area (Å²) in [4.78, 5) is 19.3. The first-order chi connectivity index (χ1) is 13.0. The fraction of sp³-hybridized carbons (Fsp3) is 0.350. The molecule has 0 N–H and O–H groups in total. The third-order valence-electron chi connectivity index (χ3n) is 4.71. The Morgan fingerprint density at radius 2 is 2.22 bits per heavy atom. The highest BCUT2D eigenvalue weighted by Crippen LogP contribution is 2.33. The van der Waals surface area contributed by atoms with Crippen molar-refractivity contribution < 1.29 is 9.53 Å². The predicted octanol–water partition coefficient (Wildman–Crippen LogP) is 4.61. The van der Waals surface area contributed by atoms with Crippen LogP contribution in [0.25, 0.3) is 0 Å². The van der Waals surface area contributed by atoms with Gasteiger partial charge in [0, 0.05) is 34.7 Å². The smallest absolute Gasteiger partial charge is 0.254 e. The Labute approximate surface area is 172 Å². The van der Waals surface area contributed by atoms with Crippen molar-refractivity contribution in [2.45, 2.75) is 32.2 Å². The summed E-state index contributed by atoms with van der Waals surface area (Å²) in [6.45, 7) is 4.85. The van der Waals surface area contributed by atoms with Crippen LogP contribution in [0.1, 0.15) is 52.6 Å². The van der Waals surface area contributed by atoms with Gasteiger partial charge in [-0.15, -0.1) is 11.6 Å². The van der Waals surface area contributed by atoms with E-state index in [-0.39, 0.29) is 11.9 Å². The molecule has 2 aromatic rings. The van der Waals surface area contributed by atoms with E-state index in [0.29, 0.717) is 41.6 Å². The number of halogens is 2. The highest BCUT2D eigenvalue weighted by molar-refractivity contribution is 9.10. The number of amides is 1. The molecule has 1 aliphatic heterocycles. The van der Waals surface area contributed by atoms with Gasteiger partial charge in [0.15, 0.2) is 0 Å². The van der Waals surface area contributed by atoms with E-state index in [2.05, 4.69) is 27.0 Å². The Balaban J connectivity index is 1.94. The van der Waals surface area contributed by atoms with E-state index >= 15 is 0 Å². The zero-order chi connectivity index (χ0) is 19.6. The summed E-state index contributed by atoms with van der Waals surface area (Å²) in [5.74, 6) is 0.804. The monoisotopic (exact) mass is 447 g/mol. The van der Waals surface area contributed by atoms with Crippen molar-refractivity contribution in [2.75, 3.05) is 13.2 Å². The molecule has 1 aliphatic rings. The number of benzene rings is 1. The summed E-state index contributed by atoms with van der Waals surface area (Å²) in [5.41, 5.74) is 3.68. The number of nitriles is 1. The van der Waals surface area contributed by atoms with Gasteiger partial charge in [-0.05, 0) is 43.5 Å². The number of carbonyl (C=O) groups is 1. The second kappa shape index (κ2) is 8.28. The average Bonchev–Trinajstić information content (AvgIpc) is 2.68. The summed E-state index contributed by atoms with van der Waals surface area (Å²) in [6, 6.07) is 7.43. The first-order valence-electron chi connectivity index (χ1n) is 8.71. The molecule has 27 heavy (non-hydrogen) atoms. The largest absolute Gasteiger partial charge is 0.492 e. The van der Waals surface area contributed by atoms with Crippen molar-refractivity contribution in [1.82, 2.24) is 9.88 Å². The van der Waals surface area contributed by atoms with Crippen LogP contribution in [-0.4, -0.2) is 28.9 Å². The minimum absolute atomic E-state index is 0.0412. The lowest BCUT2D eigenvalue weighted by atomic mass is 9.95. The number of nitrogens with zero attached hydrogens (tertiary/aromatic N) is 3. The number of alkyl halides is 1. The van der Waals surface area contributed by atoms with Gasteiger partial charge in [-0.2, -0.15) is 5.26 Å². The molecule has 140 valence electrons. The highest BCUT2D eigenvalue weighted by atomic mass is 79.9. The van der Waals surface area contributed by atoms with Crippen LogP contribution in [0.5, 0.6) is 5.75 Å².